The first kappa shape index (κ1) is 21.9. The molecule has 0 unspecified atom stereocenters. The molecule has 26 heavy (non-hydrogen) atoms. The minimum Gasteiger partial charge on any atom is -0.456 e. The first-order valence-electron chi connectivity index (χ1n) is 9.77. The molecule has 0 fully saturated rings. The monoisotopic (exact) mass is 359 g/mol. The molecule has 0 N–H and O–H groups in total. The Balaban J connectivity index is 0.00000163. The molecule has 2 rings (SSSR count). The molecule has 2 aromatic rings. The van der Waals surface area contributed by atoms with Gasteiger partial charge in [0, 0.05) is 23.6 Å². The van der Waals surface area contributed by atoms with E-state index < -0.39 is 0 Å². The molecular formula is C22H33NO3. The summed E-state index contributed by atoms with van der Waals surface area (Å²) in [7, 11) is 0. The van der Waals surface area contributed by atoms with Crippen molar-refractivity contribution in [1.82, 2.24) is 4.98 Å². The van der Waals surface area contributed by atoms with Crippen molar-refractivity contribution in [1.29, 1.82) is 0 Å². The van der Waals surface area contributed by atoms with Crippen molar-refractivity contribution in [3.63, 3.8) is 0 Å². The van der Waals surface area contributed by atoms with Crippen LogP contribution in [0.5, 0.6) is 5.75 Å². The number of carbonyl (C=O) groups excluding carboxylic acids is 1. The third-order valence-corrected chi connectivity index (χ3v) is 4.14. The normalized spacial score (nSPS) is 10.2. The zero-order chi connectivity index (χ0) is 19.4. The third kappa shape index (κ3) is 6.66. The van der Waals surface area contributed by atoms with E-state index in [1.54, 1.807) is 0 Å². The molecular weight excluding hydrogens is 326 g/mol. The lowest BCUT2D eigenvalue weighted by atomic mass is 10.0. The number of carbonyl (C=O) groups is 1. The van der Waals surface area contributed by atoms with Crippen LogP contribution in [0.1, 0.15) is 71.1 Å². The molecule has 0 amide bonds. The highest BCUT2D eigenvalue weighted by Gasteiger charge is 2.14. The number of aryl methyl sites for hydroxylation is 1. The SMILES string of the molecule is CC.CCCCCCCc1c(C)nc2ccccc2c1OCOC(C)=O. The Morgan fingerprint density at radius 1 is 1.08 bits per heavy atom. The number of unbranched alkanes of at least 4 members (excludes halogenated alkanes) is 4. The van der Waals surface area contributed by atoms with E-state index >= 15 is 0 Å². The summed E-state index contributed by atoms with van der Waals surface area (Å²) in [5.41, 5.74) is 3.02. The van der Waals surface area contributed by atoms with Gasteiger partial charge in [-0.15, -0.1) is 0 Å². The number of ether oxygens (including phenoxy) is 2. The lowest BCUT2D eigenvalue weighted by molar-refractivity contribution is -0.147. The Kier molecular flexibility index (Phi) is 10.4. The molecule has 4 heteroatoms. The number of hydrogen-bond donors (Lipinski definition) is 0. The third-order valence-electron chi connectivity index (χ3n) is 4.14. The Hall–Kier alpha value is -2.10. The number of para-hydroxylation sites is 1. The molecule has 0 saturated carbocycles. The second-order valence-electron chi connectivity index (χ2n) is 6.08. The van der Waals surface area contributed by atoms with Crippen LogP contribution in [0.2, 0.25) is 0 Å². The van der Waals surface area contributed by atoms with Crippen LogP contribution in [0.4, 0.5) is 0 Å². The molecule has 0 bridgehead atoms. The van der Waals surface area contributed by atoms with Crippen LogP contribution in [0, 0.1) is 6.92 Å². The Morgan fingerprint density at radius 2 is 1.77 bits per heavy atom. The van der Waals surface area contributed by atoms with E-state index in [4.69, 9.17) is 14.5 Å². The number of aromatic nitrogens is 1. The maximum atomic E-state index is 11.0. The van der Waals surface area contributed by atoms with Gasteiger partial charge in [0.1, 0.15) is 5.75 Å². The van der Waals surface area contributed by atoms with Crippen LogP contribution < -0.4 is 4.74 Å². The summed E-state index contributed by atoms with van der Waals surface area (Å²) in [6.07, 6.45) is 7.05. The van der Waals surface area contributed by atoms with Gasteiger partial charge in [-0.2, -0.15) is 0 Å². The summed E-state index contributed by atoms with van der Waals surface area (Å²) in [5, 5.41) is 0.971. The van der Waals surface area contributed by atoms with Gasteiger partial charge in [0.2, 0.25) is 6.79 Å². The van der Waals surface area contributed by atoms with Crippen LogP contribution >= 0.6 is 0 Å². The van der Waals surface area contributed by atoms with Gasteiger partial charge in [-0.3, -0.25) is 9.78 Å². The number of benzene rings is 1. The number of esters is 1. The highest BCUT2D eigenvalue weighted by Crippen LogP contribution is 2.32. The molecule has 4 nitrogen and oxygen atoms in total. The lowest BCUT2D eigenvalue weighted by Crippen LogP contribution is -2.09. The molecule has 1 aromatic carbocycles. The average molecular weight is 360 g/mol. The Labute approximate surface area is 157 Å². The fourth-order valence-corrected chi connectivity index (χ4v) is 2.87. The van der Waals surface area contributed by atoms with Crippen LogP contribution in [0.15, 0.2) is 24.3 Å². The number of rotatable bonds is 9. The zero-order valence-corrected chi connectivity index (χ0v) is 16.9. The van der Waals surface area contributed by atoms with E-state index in [1.165, 1.54) is 32.6 Å². The van der Waals surface area contributed by atoms with Crippen molar-refractivity contribution in [2.24, 2.45) is 0 Å². The van der Waals surface area contributed by atoms with Crippen molar-refractivity contribution >= 4 is 16.9 Å². The van der Waals surface area contributed by atoms with Gasteiger partial charge in [0.05, 0.1) is 5.52 Å². The van der Waals surface area contributed by atoms with Crippen molar-refractivity contribution in [2.75, 3.05) is 6.79 Å². The van der Waals surface area contributed by atoms with E-state index in [1.807, 2.05) is 45.0 Å². The van der Waals surface area contributed by atoms with E-state index in [0.717, 1.165) is 40.8 Å². The first-order valence-corrected chi connectivity index (χ1v) is 9.77. The summed E-state index contributed by atoms with van der Waals surface area (Å²) >= 11 is 0. The highest BCUT2D eigenvalue weighted by atomic mass is 16.7. The van der Waals surface area contributed by atoms with Crippen LogP contribution in [0.3, 0.4) is 0 Å². The van der Waals surface area contributed by atoms with E-state index in [2.05, 4.69) is 6.92 Å². The molecule has 0 aliphatic rings. The fourth-order valence-electron chi connectivity index (χ4n) is 2.87. The maximum absolute atomic E-state index is 11.0. The second kappa shape index (κ2) is 12.3. The van der Waals surface area contributed by atoms with Crippen LogP contribution in [-0.2, 0) is 16.0 Å². The van der Waals surface area contributed by atoms with Gasteiger partial charge in [0.15, 0.2) is 0 Å². The molecule has 0 saturated heterocycles. The second-order valence-corrected chi connectivity index (χ2v) is 6.08. The number of nitrogens with zero attached hydrogens (tertiary/aromatic N) is 1. The summed E-state index contributed by atoms with van der Waals surface area (Å²) in [4.78, 5) is 15.7. The van der Waals surface area contributed by atoms with Crippen LogP contribution in [0.25, 0.3) is 10.9 Å². The minimum absolute atomic E-state index is 0.0639. The summed E-state index contributed by atoms with van der Waals surface area (Å²) in [5.74, 6) is 0.459. The highest BCUT2D eigenvalue weighted by molar-refractivity contribution is 5.86. The topological polar surface area (TPSA) is 48.4 Å². The molecule has 0 spiro atoms. The zero-order valence-electron chi connectivity index (χ0n) is 16.9. The number of fused-ring (bicyclic) bond motifs is 1. The predicted molar refractivity (Wildman–Crippen MR) is 108 cm³/mol. The number of pyridine rings is 1. The van der Waals surface area contributed by atoms with Crippen LogP contribution in [-0.4, -0.2) is 17.7 Å². The Morgan fingerprint density at radius 3 is 2.46 bits per heavy atom. The quantitative estimate of drug-likeness (QED) is 0.314. The van der Waals surface area contributed by atoms with E-state index in [-0.39, 0.29) is 12.8 Å². The van der Waals surface area contributed by atoms with Crippen molar-refractivity contribution in [2.45, 2.75) is 73.1 Å². The molecule has 0 aliphatic carbocycles. The van der Waals surface area contributed by atoms with E-state index in [0.29, 0.717) is 0 Å². The van der Waals surface area contributed by atoms with Gasteiger partial charge < -0.3 is 9.47 Å². The molecule has 1 heterocycles. The molecule has 0 atom stereocenters. The molecule has 1 aromatic heterocycles. The number of hydrogen-bond acceptors (Lipinski definition) is 4. The molecule has 0 radical (unpaired) electrons. The van der Waals surface area contributed by atoms with E-state index in [9.17, 15) is 4.79 Å². The largest absolute Gasteiger partial charge is 0.456 e. The van der Waals surface area contributed by atoms with Gasteiger partial charge in [-0.05, 0) is 31.9 Å². The minimum atomic E-state index is -0.341. The first-order chi connectivity index (χ1) is 12.6. The van der Waals surface area contributed by atoms with Crippen molar-refractivity contribution in [3.05, 3.63) is 35.5 Å². The molecule has 0 aliphatic heterocycles. The maximum Gasteiger partial charge on any atom is 0.305 e. The average Bonchev–Trinajstić information content (AvgIpc) is 2.64. The molecule has 144 valence electrons. The smallest absolute Gasteiger partial charge is 0.305 e. The summed E-state index contributed by atoms with van der Waals surface area (Å²) in [6, 6.07) is 7.93. The van der Waals surface area contributed by atoms with Gasteiger partial charge in [-0.25, -0.2) is 0 Å². The lowest BCUT2D eigenvalue weighted by Gasteiger charge is -2.16. The standard InChI is InChI=1S/C20H27NO3.C2H6/c1-4-5-6-7-8-11-17-15(2)21-19-13-10-9-12-18(19)20(17)24-14-23-16(3)22;1-2/h9-10,12-13H,4-8,11,14H2,1-3H3;1-2H3. The van der Waals surface area contributed by atoms with Gasteiger partial charge >= 0.3 is 5.97 Å². The fraction of sp³-hybridized carbons (Fsp3) is 0.545. The van der Waals surface area contributed by atoms with Crippen molar-refractivity contribution < 1.29 is 14.3 Å². The van der Waals surface area contributed by atoms with Gasteiger partial charge in [0.25, 0.3) is 0 Å². The summed E-state index contributed by atoms with van der Waals surface area (Å²) < 4.78 is 10.8. The Bertz CT molecular complexity index is 682. The van der Waals surface area contributed by atoms with Gasteiger partial charge in [-0.1, -0.05) is 58.6 Å². The summed E-state index contributed by atoms with van der Waals surface area (Å²) in [6.45, 7) is 9.56. The predicted octanol–water partition coefficient (Wildman–Crippen LogP) is 5.98. The van der Waals surface area contributed by atoms with Crippen molar-refractivity contribution in [3.8, 4) is 5.75 Å².